The normalized spacial score (nSPS) is 10.8. The molecule has 0 spiro atoms. The van der Waals surface area contributed by atoms with Gasteiger partial charge in [0.25, 0.3) is 0 Å². The van der Waals surface area contributed by atoms with E-state index in [0.29, 0.717) is 38.1 Å². The van der Waals surface area contributed by atoms with Gasteiger partial charge in [-0.1, -0.05) is 29.3 Å². The highest BCUT2D eigenvalue weighted by Crippen LogP contribution is 2.39. The van der Waals surface area contributed by atoms with Gasteiger partial charge < -0.3 is 4.90 Å². The maximum absolute atomic E-state index is 9.69. The summed E-state index contributed by atoms with van der Waals surface area (Å²) in [6.45, 7) is 1.73. The predicted octanol–water partition coefficient (Wildman–Crippen LogP) is 3.22. The molecule has 0 saturated heterocycles. The first-order chi connectivity index (χ1) is 11.4. The summed E-state index contributed by atoms with van der Waals surface area (Å²) in [5.74, 6) is 0. The average molecular weight is 358 g/mol. The third-order valence-corrected chi connectivity index (χ3v) is 4.05. The summed E-state index contributed by atoms with van der Waals surface area (Å²) >= 11 is 12.6. The number of aryl methyl sites for hydroxylation is 1. The Hall–Kier alpha value is -2.37. The molecule has 6 heteroatoms. The second-order valence-corrected chi connectivity index (χ2v) is 6.25. The van der Waals surface area contributed by atoms with E-state index in [1.165, 1.54) is 0 Å². The first kappa shape index (κ1) is 18.0. The van der Waals surface area contributed by atoms with Gasteiger partial charge in [-0.2, -0.15) is 10.5 Å². The van der Waals surface area contributed by atoms with E-state index in [1.54, 1.807) is 31.2 Å². The molecule has 0 aliphatic heterocycles. The Balaban J connectivity index is 2.93. The molecule has 1 aromatic heterocycles. The summed E-state index contributed by atoms with van der Waals surface area (Å²) in [5.41, 5.74) is 2.50. The van der Waals surface area contributed by atoms with Crippen molar-refractivity contribution in [3.8, 4) is 23.3 Å². The number of aromatic nitrogens is 1. The molecule has 0 unspecified atom stereocenters. The Kier molecular flexibility index (Phi) is 5.59. The number of quaternary nitrogens is 1. The third kappa shape index (κ3) is 3.42. The van der Waals surface area contributed by atoms with Crippen molar-refractivity contribution >= 4 is 29.3 Å². The maximum Gasteiger partial charge on any atom is 0.102 e. The number of hydrogen-bond acceptors (Lipinski definition) is 3. The molecule has 0 saturated carbocycles. The van der Waals surface area contributed by atoms with Crippen LogP contribution in [0.1, 0.15) is 22.5 Å². The number of nitriles is 2. The van der Waals surface area contributed by atoms with Crippen LogP contribution in [-0.4, -0.2) is 19.1 Å². The summed E-state index contributed by atoms with van der Waals surface area (Å²) in [7, 11) is 3.90. The van der Waals surface area contributed by atoms with Gasteiger partial charge in [0.1, 0.15) is 12.1 Å². The van der Waals surface area contributed by atoms with Crippen molar-refractivity contribution in [3.05, 3.63) is 57.0 Å². The molecule has 0 amide bonds. The fraction of sp³-hybridized carbons (Fsp3) is 0.167. The van der Waals surface area contributed by atoms with Gasteiger partial charge in [0.05, 0.1) is 42.8 Å². The number of nitrogens with one attached hydrogen (secondary N) is 1. The summed E-state index contributed by atoms with van der Waals surface area (Å²) in [4.78, 5) is 5.47. The topological polar surface area (TPSA) is 64.9 Å². The van der Waals surface area contributed by atoms with Crippen LogP contribution < -0.4 is 4.90 Å². The van der Waals surface area contributed by atoms with Crippen molar-refractivity contribution in [3.63, 3.8) is 0 Å². The van der Waals surface area contributed by atoms with Gasteiger partial charge in [0, 0.05) is 27.2 Å². The molecule has 0 fully saturated rings. The summed E-state index contributed by atoms with van der Waals surface area (Å²) < 4.78 is 0. The van der Waals surface area contributed by atoms with Gasteiger partial charge in [-0.15, -0.1) is 0 Å². The number of pyridine rings is 1. The standard InChI is InChI=1S/C18H14Cl2N4/c1-11-12(9-21)17(18-14(19)5-4-6-15(18)20)13(10-22)16(23-11)7-8-24(2)3/h4-8H,1-3H3/p+1/b8-7+. The van der Waals surface area contributed by atoms with Crippen molar-refractivity contribution in [1.29, 1.82) is 10.5 Å². The van der Waals surface area contributed by atoms with Gasteiger partial charge in [0.2, 0.25) is 0 Å². The van der Waals surface area contributed by atoms with E-state index in [0.717, 1.165) is 4.90 Å². The first-order valence-corrected chi connectivity index (χ1v) is 7.93. The minimum atomic E-state index is 0.282. The number of benzene rings is 1. The lowest BCUT2D eigenvalue weighted by molar-refractivity contribution is -0.800. The van der Waals surface area contributed by atoms with E-state index in [9.17, 15) is 10.5 Å². The average Bonchev–Trinajstić information content (AvgIpc) is 2.52. The fourth-order valence-electron chi connectivity index (χ4n) is 2.33. The molecule has 0 aliphatic carbocycles. The van der Waals surface area contributed by atoms with Crippen LogP contribution >= 0.6 is 23.2 Å². The van der Waals surface area contributed by atoms with Gasteiger partial charge >= 0.3 is 0 Å². The zero-order valence-corrected chi connectivity index (χ0v) is 15.0. The molecule has 0 bridgehead atoms. The van der Waals surface area contributed by atoms with Crippen LogP contribution in [0.5, 0.6) is 0 Å². The minimum absolute atomic E-state index is 0.282. The molecule has 1 heterocycles. The second-order valence-electron chi connectivity index (χ2n) is 5.44. The first-order valence-electron chi connectivity index (χ1n) is 7.18. The molecule has 120 valence electrons. The largest absolute Gasteiger partial charge is 0.313 e. The van der Waals surface area contributed by atoms with Gasteiger partial charge in [-0.3, -0.25) is 4.98 Å². The Morgan fingerprint density at radius 3 is 2.12 bits per heavy atom. The van der Waals surface area contributed by atoms with Crippen LogP contribution in [-0.2, 0) is 0 Å². The van der Waals surface area contributed by atoms with Crippen LogP contribution in [0.4, 0.5) is 0 Å². The summed E-state index contributed by atoms with van der Waals surface area (Å²) in [6, 6.07) is 9.36. The van der Waals surface area contributed by atoms with Crippen LogP contribution in [0, 0.1) is 29.6 Å². The highest BCUT2D eigenvalue weighted by molar-refractivity contribution is 6.39. The van der Waals surface area contributed by atoms with Gasteiger partial charge in [-0.05, 0) is 19.1 Å². The van der Waals surface area contributed by atoms with Crippen LogP contribution in [0.3, 0.4) is 0 Å². The molecule has 24 heavy (non-hydrogen) atoms. The lowest BCUT2D eigenvalue weighted by atomic mass is 9.93. The minimum Gasteiger partial charge on any atom is -0.313 e. The molecular formula is C18H15Cl2N4+. The Bertz CT molecular complexity index is 882. The monoisotopic (exact) mass is 357 g/mol. The van der Waals surface area contributed by atoms with Crippen LogP contribution in [0.2, 0.25) is 10.0 Å². The van der Waals surface area contributed by atoms with E-state index < -0.39 is 0 Å². The molecule has 0 aliphatic rings. The fourth-order valence-corrected chi connectivity index (χ4v) is 2.92. The van der Waals surface area contributed by atoms with Crippen LogP contribution in [0.25, 0.3) is 17.2 Å². The predicted molar refractivity (Wildman–Crippen MR) is 95.7 cm³/mol. The third-order valence-electron chi connectivity index (χ3n) is 3.42. The number of nitrogens with zero attached hydrogens (tertiary/aromatic N) is 3. The Morgan fingerprint density at radius 2 is 1.62 bits per heavy atom. The van der Waals surface area contributed by atoms with Crippen molar-refractivity contribution < 1.29 is 4.90 Å². The zero-order chi connectivity index (χ0) is 17.9. The second kappa shape index (κ2) is 7.47. The van der Waals surface area contributed by atoms with Crippen molar-refractivity contribution in [1.82, 2.24) is 4.98 Å². The lowest BCUT2D eigenvalue weighted by Gasteiger charge is -2.14. The van der Waals surface area contributed by atoms with E-state index >= 15 is 0 Å². The molecule has 0 radical (unpaired) electrons. The molecule has 4 nitrogen and oxygen atoms in total. The van der Waals surface area contributed by atoms with E-state index in [-0.39, 0.29) is 5.56 Å². The molecule has 1 N–H and O–H groups in total. The Morgan fingerprint density at radius 1 is 1.04 bits per heavy atom. The zero-order valence-electron chi connectivity index (χ0n) is 13.5. The summed E-state index contributed by atoms with van der Waals surface area (Å²) in [6.07, 6.45) is 3.63. The lowest BCUT2D eigenvalue weighted by Crippen LogP contribution is -3.00. The number of halogens is 2. The highest BCUT2D eigenvalue weighted by Gasteiger charge is 2.22. The molecule has 0 atom stereocenters. The van der Waals surface area contributed by atoms with Gasteiger partial charge in [-0.25, -0.2) is 0 Å². The van der Waals surface area contributed by atoms with Gasteiger partial charge in [0.15, 0.2) is 0 Å². The van der Waals surface area contributed by atoms with Crippen molar-refractivity contribution in [2.24, 2.45) is 0 Å². The SMILES string of the molecule is Cc1nc(/C=C/[NH+](C)C)c(C#N)c(-c2c(Cl)cccc2Cl)c1C#N. The van der Waals surface area contributed by atoms with Crippen molar-refractivity contribution in [2.75, 3.05) is 14.1 Å². The van der Waals surface area contributed by atoms with Crippen LogP contribution in [0.15, 0.2) is 24.4 Å². The quantitative estimate of drug-likeness (QED) is 0.916. The number of rotatable bonds is 3. The maximum atomic E-state index is 9.69. The highest BCUT2D eigenvalue weighted by atomic mass is 35.5. The molecule has 2 aromatic rings. The molecule has 2 rings (SSSR count). The van der Waals surface area contributed by atoms with E-state index in [2.05, 4.69) is 17.1 Å². The molecule has 1 aromatic carbocycles. The smallest absolute Gasteiger partial charge is 0.102 e. The summed E-state index contributed by atoms with van der Waals surface area (Å²) in [5, 5.41) is 20.0. The van der Waals surface area contributed by atoms with Crippen molar-refractivity contribution in [2.45, 2.75) is 6.92 Å². The Labute approximate surface area is 151 Å². The molecular weight excluding hydrogens is 343 g/mol. The van der Waals surface area contributed by atoms with E-state index in [4.69, 9.17) is 23.2 Å². The number of hydrogen-bond donors (Lipinski definition) is 1. The van der Waals surface area contributed by atoms with E-state index in [1.807, 2.05) is 20.3 Å².